The van der Waals surface area contributed by atoms with E-state index in [4.69, 9.17) is 5.11 Å². The first-order chi connectivity index (χ1) is 9.25. The highest BCUT2D eigenvalue weighted by Crippen LogP contribution is 2.58. The fraction of sp³-hybridized carbons (Fsp3) is 0.500. The van der Waals surface area contributed by atoms with Crippen LogP contribution in [0.2, 0.25) is 0 Å². The maximum absolute atomic E-state index is 12.4. The fourth-order valence-corrected chi connectivity index (χ4v) is 2.84. The van der Waals surface area contributed by atoms with Gasteiger partial charge in [0.15, 0.2) is 0 Å². The van der Waals surface area contributed by atoms with Crippen LogP contribution < -0.4 is 0 Å². The molecule has 1 aliphatic rings. The summed E-state index contributed by atoms with van der Waals surface area (Å²) in [5.74, 6) is -1.93. The molecule has 2 atom stereocenters. The predicted molar refractivity (Wildman–Crippen MR) is 76.0 cm³/mol. The van der Waals surface area contributed by atoms with Gasteiger partial charge in [-0.05, 0) is 17.9 Å². The van der Waals surface area contributed by atoms with E-state index in [0.717, 1.165) is 5.56 Å². The van der Waals surface area contributed by atoms with Gasteiger partial charge in [0.25, 0.3) is 0 Å². The molecule has 1 N–H and O–H groups in total. The Labute approximate surface area is 119 Å². The Hall–Kier alpha value is -1.84. The van der Waals surface area contributed by atoms with Gasteiger partial charge in [0.05, 0.1) is 11.8 Å². The fourth-order valence-electron chi connectivity index (χ4n) is 2.84. The maximum atomic E-state index is 12.4. The summed E-state index contributed by atoms with van der Waals surface area (Å²) in [6.07, 6.45) is 0. The van der Waals surface area contributed by atoms with Crippen LogP contribution in [0.4, 0.5) is 0 Å². The Morgan fingerprint density at radius 1 is 1.20 bits per heavy atom. The van der Waals surface area contributed by atoms with Gasteiger partial charge >= 0.3 is 5.97 Å². The second-order valence-electron chi connectivity index (χ2n) is 6.29. The van der Waals surface area contributed by atoms with Crippen molar-refractivity contribution in [3.63, 3.8) is 0 Å². The third kappa shape index (κ3) is 2.55. The third-order valence-corrected chi connectivity index (χ3v) is 4.28. The summed E-state index contributed by atoms with van der Waals surface area (Å²) in [6, 6.07) is 8.00. The molecule has 2 rings (SSSR count). The minimum atomic E-state index is -0.878. The van der Waals surface area contributed by atoms with Crippen LogP contribution in [0, 0.1) is 24.2 Å². The van der Waals surface area contributed by atoms with E-state index in [2.05, 4.69) is 0 Å². The summed E-state index contributed by atoms with van der Waals surface area (Å²) in [5.41, 5.74) is 1.79. The van der Waals surface area contributed by atoms with Crippen LogP contribution in [0.5, 0.6) is 0 Å². The lowest BCUT2D eigenvalue weighted by Crippen LogP contribution is -2.29. The maximum Gasteiger partial charge on any atom is 0.307 e. The number of aryl methyl sites for hydroxylation is 1. The number of hydrogen-bond donors (Lipinski definition) is 1. The SMILES string of the molecule is Cc1ccc(CN(C)C(=O)[C@H]2[C@@H](C(=O)O)C2(C)C)cc1. The van der Waals surface area contributed by atoms with Crippen LogP contribution >= 0.6 is 0 Å². The molecule has 0 heterocycles. The molecule has 0 aromatic heterocycles. The van der Waals surface area contributed by atoms with Crippen molar-refractivity contribution in [2.75, 3.05) is 7.05 Å². The Balaban J connectivity index is 2.03. The van der Waals surface area contributed by atoms with Crippen LogP contribution in [0.15, 0.2) is 24.3 Å². The van der Waals surface area contributed by atoms with E-state index in [1.165, 1.54) is 5.56 Å². The largest absolute Gasteiger partial charge is 0.481 e. The van der Waals surface area contributed by atoms with Crippen molar-refractivity contribution in [1.82, 2.24) is 4.90 Å². The molecule has 1 saturated carbocycles. The number of nitrogens with zero attached hydrogens (tertiary/aromatic N) is 1. The van der Waals surface area contributed by atoms with Crippen molar-refractivity contribution < 1.29 is 14.7 Å². The number of carbonyl (C=O) groups excluding carboxylic acids is 1. The van der Waals surface area contributed by atoms with Crippen LogP contribution in [0.25, 0.3) is 0 Å². The molecule has 1 fully saturated rings. The molecule has 108 valence electrons. The monoisotopic (exact) mass is 275 g/mol. The lowest BCUT2D eigenvalue weighted by Gasteiger charge is -2.18. The average molecular weight is 275 g/mol. The highest BCUT2D eigenvalue weighted by molar-refractivity contribution is 5.91. The van der Waals surface area contributed by atoms with Crippen molar-refractivity contribution in [3.05, 3.63) is 35.4 Å². The van der Waals surface area contributed by atoms with E-state index in [1.807, 2.05) is 45.0 Å². The van der Waals surface area contributed by atoms with E-state index in [0.29, 0.717) is 6.54 Å². The van der Waals surface area contributed by atoms with E-state index in [1.54, 1.807) is 11.9 Å². The summed E-state index contributed by atoms with van der Waals surface area (Å²) in [6.45, 7) is 6.21. The van der Waals surface area contributed by atoms with Crippen LogP contribution in [-0.2, 0) is 16.1 Å². The molecule has 20 heavy (non-hydrogen) atoms. The number of carboxylic acid groups (broad SMARTS) is 1. The van der Waals surface area contributed by atoms with Gasteiger partial charge < -0.3 is 10.0 Å². The van der Waals surface area contributed by atoms with E-state index in [9.17, 15) is 9.59 Å². The number of aliphatic carboxylic acids is 1. The molecule has 0 unspecified atom stereocenters. The Bertz CT molecular complexity index is 533. The summed E-state index contributed by atoms with van der Waals surface area (Å²) < 4.78 is 0. The molecule has 4 nitrogen and oxygen atoms in total. The van der Waals surface area contributed by atoms with Crippen molar-refractivity contribution in [2.45, 2.75) is 27.3 Å². The summed E-state index contributed by atoms with van der Waals surface area (Å²) in [7, 11) is 1.73. The number of hydrogen-bond acceptors (Lipinski definition) is 2. The average Bonchev–Trinajstić information content (AvgIpc) is 2.94. The number of benzene rings is 1. The first-order valence-electron chi connectivity index (χ1n) is 6.78. The Morgan fingerprint density at radius 3 is 2.20 bits per heavy atom. The van der Waals surface area contributed by atoms with Crippen LogP contribution in [-0.4, -0.2) is 28.9 Å². The molecule has 4 heteroatoms. The zero-order chi connectivity index (χ0) is 15.1. The van der Waals surface area contributed by atoms with Gasteiger partial charge in [0.1, 0.15) is 0 Å². The standard InChI is InChI=1S/C16H21NO3/c1-10-5-7-11(8-6-10)9-17(4)14(18)12-13(15(19)20)16(12,2)3/h5-8,12-13H,9H2,1-4H3,(H,19,20)/t12-,13+/m1/s1. The molecule has 0 aliphatic heterocycles. The van der Waals surface area contributed by atoms with Gasteiger partial charge in [-0.3, -0.25) is 9.59 Å². The summed E-state index contributed by atoms with van der Waals surface area (Å²) in [5, 5.41) is 9.14. The molecule has 0 spiro atoms. The zero-order valence-corrected chi connectivity index (χ0v) is 12.4. The molecule has 1 aromatic carbocycles. The zero-order valence-electron chi connectivity index (χ0n) is 12.4. The Morgan fingerprint density at radius 2 is 1.75 bits per heavy atom. The quantitative estimate of drug-likeness (QED) is 0.917. The molecular formula is C16H21NO3. The molecule has 0 saturated heterocycles. The predicted octanol–water partition coefficient (Wildman–Crippen LogP) is 2.31. The van der Waals surface area contributed by atoms with Gasteiger partial charge in [0.2, 0.25) is 5.91 Å². The number of carboxylic acids is 1. The number of rotatable bonds is 4. The molecule has 1 aliphatic carbocycles. The first-order valence-corrected chi connectivity index (χ1v) is 6.78. The highest BCUT2D eigenvalue weighted by atomic mass is 16.4. The second kappa shape index (κ2) is 4.93. The van der Waals surface area contributed by atoms with Gasteiger partial charge in [-0.1, -0.05) is 43.7 Å². The second-order valence-corrected chi connectivity index (χ2v) is 6.29. The highest BCUT2D eigenvalue weighted by Gasteiger charge is 2.66. The topological polar surface area (TPSA) is 57.6 Å². The lowest BCUT2D eigenvalue weighted by molar-refractivity contribution is -0.141. The van der Waals surface area contributed by atoms with E-state index in [-0.39, 0.29) is 5.91 Å². The van der Waals surface area contributed by atoms with Gasteiger partial charge in [-0.15, -0.1) is 0 Å². The molecular weight excluding hydrogens is 254 g/mol. The van der Waals surface area contributed by atoms with Gasteiger partial charge in [-0.2, -0.15) is 0 Å². The van der Waals surface area contributed by atoms with Gasteiger partial charge in [-0.25, -0.2) is 0 Å². The molecule has 1 amide bonds. The van der Waals surface area contributed by atoms with Crippen LogP contribution in [0.1, 0.15) is 25.0 Å². The van der Waals surface area contributed by atoms with Gasteiger partial charge in [0, 0.05) is 13.6 Å². The smallest absolute Gasteiger partial charge is 0.307 e. The minimum absolute atomic E-state index is 0.0806. The minimum Gasteiger partial charge on any atom is -0.481 e. The first kappa shape index (κ1) is 14.6. The molecule has 0 bridgehead atoms. The third-order valence-electron chi connectivity index (χ3n) is 4.28. The van der Waals surface area contributed by atoms with Crippen molar-refractivity contribution in [3.8, 4) is 0 Å². The number of amides is 1. The van der Waals surface area contributed by atoms with Crippen molar-refractivity contribution in [1.29, 1.82) is 0 Å². The normalized spacial score (nSPS) is 23.2. The van der Waals surface area contributed by atoms with E-state index >= 15 is 0 Å². The van der Waals surface area contributed by atoms with Crippen molar-refractivity contribution >= 4 is 11.9 Å². The van der Waals surface area contributed by atoms with Crippen molar-refractivity contribution in [2.24, 2.45) is 17.3 Å². The summed E-state index contributed by atoms with van der Waals surface area (Å²) >= 11 is 0. The van der Waals surface area contributed by atoms with Crippen LogP contribution in [0.3, 0.4) is 0 Å². The summed E-state index contributed by atoms with van der Waals surface area (Å²) in [4.78, 5) is 25.1. The molecule has 1 aromatic rings. The molecule has 0 radical (unpaired) electrons. The Kier molecular flexibility index (Phi) is 3.59. The number of carbonyl (C=O) groups is 2. The lowest BCUT2D eigenvalue weighted by atomic mass is 10.1. The van der Waals surface area contributed by atoms with E-state index < -0.39 is 23.2 Å².